The van der Waals surface area contributed by atoms with Gasteiger partial charge in [-0.1, -0.05) is 70.1 Å². The van der Waals surface area contributed by atoms with Crippen LogP contribution in [-0.2, 0) is 6.42 Å². The first kappa shape index (κ1) is 16.7. The van der Waals surface area contributed by atoms with Crippen LogP contribution in [0.15, 0.2) is 29.1 Å². The molecule has 0 saturated heterocycles. The van der Waals surface area contributed by atoms with Crippen molar-refractivity contribution in [3.8, 4) is 5.75 Å². The number of ether oxygens (including phenoxy) is 1. The molecule has 1 rings (SSSR count). The van der Waals surface area contributed by atoms with Gasteiger partial charge in [0, 0.05) is 0 Å². The molecule has 0 radical (unpaired) electrons. The minimum atomic E-state index is -0.0212. The Kier molecular flexibility index (Phi) is 8.77. The molecule has 0 aromatic heterocycles. The largest absolute Gasteiger partial charge is 0.492 e. The van der Waals surface area contributed by atoms with Gasteiger partial charge in [-0.3, -0.25) is 4.79 Å². The van der Waals surface area contributed by atoms with Crippen LogP contribution in [0.3, 0.4) is 0 Å². The fourth-order valence-electron chi connectivity index (χ4n) is 2.50. The molecule has 0 saturated carbocycles. The minimum absolute atomic E-state index is 0.0212. The summed E-state index contributed by atoms with van der Waals surface area (Å²) in [6.07, 6.45) is 11.4. The van der Waals surface area contributed by atoms with E-state index < -0.39 is 0 Å². The van der Waals surface area contributed by atoms with E-state index in [4.69, 9.17) is 4.74 Å². The molecule has 0 N–H and O–H groups in total. The lowest BCUT2D eigenvalue weighted by atomic mass is 10.0. The summed E-state index contributed by atoms with van der Waals surface area (Å²) in [4.78, 5) is 11.8. The highest BCUT2D eigenvalue weighted by molar-refractivity contribution is 5.32. The number of hydrogen-bond acceptors (Lipinski definition) is 2. The van der Waals surface area contributed by atoms with Crippen molar-refractivity contribution in [3.63, 3.8) is 0 Å². The van der Waals surface area contributed by atoms with Crippen molar-refractivity contribution in [3.05, 3.63) is 40.1 Å². The fourth-order valence-corrected chi connectivity index (χ4v) is 2.50. The van der Waals surface area contributed by atoms with Gasteiger partial charge in [-0.2, -0.15) is 0 Å². The molecule has 0 aliphatic carbocycles. The third-order valence-electron chi connectivity index (χ3n) is 3.68. The van der Waals surface area contributed by atoms with Crippen LogP contribution in [0.4, 0.5) is 0 Å². The quantitative estimate of drug-likeness (QED) is 0.577. The molecule has 0 spiro atoms. The Morgan fingerprint density at radius 3 is 2.15 bits per heavy atom. The summed E-state index contributed by atoms with van der Waals surface area (Å²) in [7, 11) is 1.58. The van der Waals surface area contributed by atoms with Crippen LogP contribution < -0.4 is 10.2 Å². The van der Waals surface area contributed by atoms with E-state index in [-0.39, 0.29) is 5.43 Å². The average Bonchev–Trinajstić information content (AvgIpc) is 2.63. The van der Waals surface area contributed by atoms with Crippen molar-refractivity contribution in [1.29, 1.82) is 0 Å². The van der Waals surface area contributed by atoms with Crippen molar-refractivity contribution >= 4 is 0 Å². The van der Waals surface area contributed by atoms with Crippen molar-refractivity contribution in [2.45, 2.75) is 64.7 Å². The molecule has 0 aliphatic rings. The van der Waals surface area contributed by atoms with Gasteiger partial charge in [0.2, 0.25) is 5.43 Å². The number of unbranched alkanes of at least 4 members (excludes halogenated alkanes) is 7. The van der Waals surface area contributed by atoms with Gasteiger partial charge in [0.15, 0.2) is 5.75 Å². The zero-order valence-electron chi connectivity index (χ0n) is 13.0. The smallest absolute Gasteiger partial charge is 0.220 e. The highest BCUT2D eigenvalue weighted by Crippen LogP contribution is 2.16. The van der Waals surface area contributed by atoms with E-state index >= 15 is 0 Å². The number of hydrogen-bond donors (Lipinski definition) is 0. The molecule has 0 fully saturated rings. The van der Waals surface area contributed by atoms with E-state index in [2.05, 4.69) is 6.92 Å². The van der Waals surface area contributed by atoms with E-state index in [0.29, 0.717) is 5.75 Å². The lowest BCUT2D eigenvalue weighted by molar-refractivity contribution is 0.405. The maximum Gasteiger partial charge on any atom is 0.220 e. The summed E-state index contributed by atoms with van der Waals surface area (Å²) in [5.74, 6) is 0.512. The molecule has 0 heterocycles. The first-order valence-corrected chi connectivity index (χ1v) is 7.95. The van der Waals surface area contributed by atoms with Crippen molar-refractivity contribution < 1.29 is 4.74 Å². The Bertz CT molecular complexity index is 426. The fraction of sp³-hybridized carbons (Fsp3) is 0.611. The molecular formula is C18H28O2. The summed E-state index contributed by atoms with van der Waals surface area (Å²) >= 11 is 0. The Morgan fingerprint density at radius 1 is 0.900 bits per heavy atom. The SMILES string of the molecule is CCCCCCCCCCc1ccccc(=O)c1OC. The van der Waals surface area contributed by atoms with Crippen LogP contribution in [0.5, 0.6) is 5.75 Å². The minimum Gasteiger partial charge on any atom is -0.492 e. The molecule has 2 heteroatoms. The summed E-state index contributed by atoms with van der Waals surface area (Å²) < 4.78 is 5.25. The van der Waals surface area contributed by atoms with Crippen LogP contribution >= 0.6 is 0 Å². The van der Waals surface area contributed by atoms with Crippen LogP contribution in [-0.4, -0.2) is 7.11 Å². The predicted molar refractivity (Wildman–Crippen MR) is 85.6 cm³/mol. The van der Waals surface area contributed by atoms with E-state index in [1.165, 1.54) is 44.9 Å². The molecule has 1 aromatic rings. The van der Waals surface area contributed by atoms with E-state index in [1.54, 1.807) is 19.2 Å². The van der Waals surface area contributed by atoms with Gasteiger partial charge in [-0.15, -0.1) is 0 Å². The van der Waals surface area contributed by atoms with Crippen LogP contribution in [0.25, 0.3) is 0 Å². The third-order valence-corrected chi connectivity index (χ3v) is 3.68. The van der Waals surface area contributed by atoms with Gasteiger partial charge in [0.25, 0.3) is 0 Å². The third kappa shape index (κ3) is 6.23. The lowest BCUT2D eigenvalue weighted by Gasteiger charge is -2.05. The van der Waals surface area contributed by atoms with Crippen molar-refractivity contribution in [1.82, 2.24) is 0 Å². The molecule has 0 aliphatic heterocycles. The van der Waals surface area contributed by atoms with E-state index in [0.717, 1.165) is 18.4 Å². The Balaban J connectivity index is 2.31. The highest BCUT2D eigenvalue weighted by atomic mass is 16.5. The molecule has 20 heavy (non-hydrogen) atoms. The van der Waals surface area contributed by atoms with Crippen LogP contribution in [0.2, 0.25) is 0 Å². The average molecular weight is 276 g/mol. The van der Waals surface area contributed by atoms with E-state index in [1.807, 2.05) is 12.1 Å². The Morgan fingerprint density at radius 2 is 1.50 bits per heavy atom. The summed E-state index contributed by atoms with van der Waals surface area (Å²) in [5.41, 5.74) is 1.01. The number of aryl methyl sites for hydroxylation is 1. The molecule has 0 amide bonds. The summed E-state index contributed by atoms with van der Waals surface area (Å²) in [5, 5.41) is 0. The summed E-state index contributed by atoms with van der Waals surface area (Å²) in [6, 6.07) is 7.27. The van der Waals surface area contributed by atoms with Gasteiger partial charge >= 0.3 is 0 Å². The number of rotatable bonds is 10. The van der Waals surface area contributed by atoms with Crippen molar-refractivity contribution in [2.75, 3.05) is 7.11 Å². The second-order valence-electron chi connectivity index (χ2n) is 5.37. The second-order valence-corrected chi connectivity index (χ2v) is 5.37. The van der Waals surface area contributed by atoms with Gasteiger partial charge in [-0.25, -0.2) is 0 Å². The Hall–Kier alpha value is -1.31. The lowest BCUT2D eigenvalue weighted by Crippen LogP contribution is -2.03. The molecule has 112 valence electrons. The standard InChI is InChI=1S/C18H28O2/c1-3-4-5-6-7-8-9-10-13-16-14-11-12-15-17(19)18(16)20-2/h11-12,14-15H,3-10,13H2,1-2H3. The maximum absolute atomic E-state index is 11.8. The molecule has 0 bridgehead atoms. The maximum atomic E-state index is 11.8. The van der Waals surface area contributed by atoms with Gasteiger partial charge in [0.1, 0.15) is 0 Å². The monoisotopic (exact) mass is 276 g/mol. The normalized spacial score (nSPS) is 10.5. The van der Waals surface area contributed by atoms with Crippen LogP contribution in [0, 0.1) is 0 Å². The predicted octanol–water partition coefficient (Wildman–Crippen LogP) is 4.74. The molecular weight excluding hydrogens is 248 g/mol. The van der Waals surface area contributed by atoms with E-state index in [9.17, 15) is 4.79 Å². The topological polar surface area (TPSA) is 26.3 Å². The zero-order valence-corrected chi connectivity index (χ0v) is 13.0. The molecule has 0 atom stereocenters. The highest BCUT2D eigenvalue weighted by Gasteiger charge is 2.04. The summed E-state index contributed by atoms with van der Waals surface area (Å²) in [6.45, 7) is 2.25. The molecule has 1 aromatic carbocycles. The van der Waals surface area contributed by atoms with Crippen molar-refractivity contribution in [2.24, 2.45) is 0 Å². The first-order chi connectivity index (χ1) is 9.79. The van der Waals surface area contributed by atoms with Gasteiger partial charge in [0.05, 0.1) is 7.11 Å². The zero-order chi connectivity index (χ0) is 14.6. The Labute approximate surface area is 123 Å². The molecule has 2 nitrogen and oxygen atoms in total. The number of methoxy groups -OCH3 is 1. The van der Waals surface area contributed by atoms with Gasteiger partial charge < -0.3 is 4.74 Å². The molecule has 0 unspecified atom stereocenters. The second kappa shape index (κ2) is 10.5. The van der Waals surface area contributed by atoms with Gasteiger partial charge in [-0.05, 0) is 24.5 Å². The first-order valence-electron chi connectivity index (χ1n) is 7.95. The van der Waals surface area contributed by atoms with Crippen LogP contribution in [0.1, 0.15) is 63.9 Å².